The zero-order chi connectivity index (χ0) is 19.8. The molecule has 0 amide bonds. The van der Waals surface area contributed by atoms with Gasteiger partial charge in [0.1, 0.15) is 0 Å². The van der Waals surface area contributed by atoms with Crippen molar-refractivity contribution >= 4 is 29.9 Å². The maximum atomic E-state index is 6.06. The summed E-state index contributed by atoms with van der Waals surface area (Å²) in [5.41, 5.74) is 9.73. The number of aromatic nitrogens is 1. The van der Waals surface area contributed by atoms with E-state index in [2.05, 4.69) is 58.3 Å². The molecular formula is C23H34IN5. The number of pyridine rings is 1. The van der Waals surface area contributed by atoms with Gasteiger partial charge in [0.25, 0.3) is 0 Å². The maximum Gasteiger partial charge on any atom is 0.188 e. The molecule has 1 aromatic carbocycles. The van der Waals surface area contributed by atoms with Crippen LogP contribution < -0.4 is 11.1 Å². The number of piperidine rings is 1. The molecule has 1 aliphatic rings. The number of likely N-dealkylation sites (tertiary alicyclic amines) is 1. The molecule has 2 heterocycles. The molecule has 1 aromatic heterocycles. The first kappa shape index (κ1) is 23.6. The molecule has 3 N–H and O–H groups in total. The van der Waals surface area contributed by atoms with E-state index in [9.17, 15) is 0 Å². The van der Waals surface area contributed by atoms with Crippen molar-refractivity contribution < 1.29 is 0 Å². The molecule has 0 spiro atoms. The zero-order valence-electron chi connectivity index (χ0n) is 17.6. The molecule has 0 bridgehead atoms. The largest absolute Gasteiger partial charge is 0.370 e. The van der Waals surface area contributed by atoms with Crippen LogP contribution in [0.5, 0.6) is 0 Å². The number of halogens is 1. The smallest absolute Gasteiger partial charge is 0.188 e. The number of hydrogen-bond acceptors (Lipinski definition) is 3. The van der Waals surface area contributed by atoms with Crippen LogP contribution in [-0.4, -0.2) is 35.5 Å². The third kappa shape index (κ3) is 7.93. The Hall–Kier alpha value is -1.67. The lowest BCUT2D eigenvalue weighted by Crippen LogP contribution is -2.38. The third-order valence-electron chi connectivity index (χ3n) is 5.29. The number of guanidine groups is 1. The van der Waals surface area contributed by atoms with Crippen molar-refractivity contribution in [1.82, 2.24) is 15.2 Å². The number of hydrogen-bond donors (Lipinski definition) is 2. The van der Waals surface area contributed by atoms with Crippen molar-refractivity contribution in [2.75, 3.05) is 19.6 Å². The lowest BCUT2D eigenvalue weighted by atomic mass is 9.91. The minimum Gasteiger partial charge on any atom is -0.370 e. The van der Waals surface area contributed by atoms with Gasteiger partial charge in [-0.05, 0) is 41.5 Å². The van der Waals surface area contributed by atoms with E-state index in [0.29, 0.717) is 12.5 Å². The summed E-state index contributed by atoms with van der Waals surface area (Å²) in [6.07, 6.45) is 3.98. The summed E-state index contributed by atoms with van der Waals surface area (Å²) in [5, 5.41) is 3.19. The van der Waals surface area contributed by atoms with Crippen LogP contribution in [0.4, 0.5) is 0 Å². The Balaban J connectivity index is 0.00000300. The minimum absolute atomic E-state index is 0. The standard InChI is InChI=1S/C23H33N5.HI/c1-18-13-19(2)16-28(15-18)17-21-8-4-3-7-20(21)14-27-23(24)26-12-10-22-9-5-6-11-25-22;/h3-9,11,18-19H,10,12-17H2,1-2H3,(H3,24,26,27);1H. The fourth-order valence-electron chi connectivity index (χ4n) is 4.12. The van der Waals surface area contributed by atoms with Crippen LogP contribution in [-0.2, 0) is 19.5 Å². The Kier molecular flexibility index (Phi) is 9.87. The average Bonchev–Trinajstić information content (AvgIpc) is 2.67. The molecular weight excluding hydrogens is 473 g/mol. The van der Waals surface area contributed by atoms with E-state index < -0.39 is 0 Å². The van der Waals surface area contributed by atoms with E-state index in [1.165, 1.54) is 30.6 Å². The summed E-state index contributed by atoms with van der Waals surface area (Å²) < 4.78 is 0. The van der Waals surface area contributed by atoms with Gasteiger partial charge in [-0.3, -0.25) is 9.88 Å². The number of nitrogens with two attached hydrogens (primary N) is 1. The molecule has 1 aliphatic heterocycles. The second-order valence-electron chi connectivity index (χ2n) is 8.11. The molecule has 1 fully saturated rings. The Labute approximate surface area is 192 Å². The first-order chi connectivity index (χ1) is 13.6. The van der Waals surface area contributed by atoms with Gasteiger partial charge in [-0.1, -0.05) is 44.2 Å². The summed E-state index contributed by atoms with van der Waals surface area (Å²) in [5.74, 6) is 2.03. The van der Waals surface area contributed by atoms with Crippen LogP contribution >= 0.6 is 24.0 Å². The predicted octanol–water partition coefficient (Wildman–Crippen LogP) is 3.82. The van der Waals surface area contributed by atoms with E-state index in [-0.39, 0.29) is 24.0 Å². The van der Waals surface area contributed by atoms with Crippen LogP contribution in [0.15, 0.2) is 53.7 Å². The SMILES string of the molecule is CC1CC(C)CN(Cc2ccccc2CN=C(N)NCCc2ccccn2)C1.I. The van der Waals surface area contributed by atoms with Gasteiger partial charge in [0, 0.05) is 44.5 Å². The van der Waals surface area contributed by atoms with Gasteiger partial charge in [-0.2, -0.15) is 0 Å². The molecule has 1 saturated heterocycles. The maximum absolute atomic E-state index is 6.06. The zero-order valence-corrected chi connectivity index (χ0v) is 19.9. The molecule has 158 valence electrons. The molecule has 3 rings (SSSR count). The molecule has 5 nitrogen and oxygen atoms in total. The molecule has 6 heteroatoms. The van der Waals surface area contributed by atoms with E-state index in [1.54, 1.807) is 0 Å². The lowest BCUT2D eigenvalue weighted by Gasteiger charge is -2.35. The number of nitrogens with zero attached hydrogens (tertiary/aromatic N) is 3. The first-order valence-electron chi connectivity index (χ1n) is 10.3. The minimum atomic E-state index is 0. The van der Waals surface area contributed by atoms with Crippen molar-refractivity contribution in [2.24, 2.45) is 22.6 Å². The summed E-state index contributed by atoms with van der Waals surface area (Å²) in [6.45, 7) is 9.41. The first-order valence-corrected chi connectivity index (χ1v) is 10.3. The summed E-state index contributed by atoms with van der Waals surface area (Å²) in [4.78, 5) is 11.5. The quantitative estimate of drug-likeness (QED) is 0.340. The molecule has 2 atom stereocenters. The molecule has 0 saturated carbocycles. The van der Waals surface area contributed by atoms with Crippen molar-refractivity contribution in [1.29, 1.82) is 0 Å². The Morgan fingerprint density at radius 3 is 2.48 bits per heavy atom. The van der Waals surface area contributed by atoms with E-state index in [4.69, 9.17) is 5.73 Å². The van der Waals surface area contributed by atoms with Gasteiger partial charge >= 0.3 is 0 Å². The van der Waals surface area contributed by atoms with E-state index >= 15 is 0 Å². The normalized spacial score (nSPS) is 20.1. The lowest BCUT2D eigenvalue weighted by molar-refractivity contribution is 0.134. The highest BCUT2D eigenvalue weighted by molar-refractivity contribution is 14.0. The monoisotopic (exact) mass is 507 g/mol. The van der Waals surface area contributed by atoms with Crippen LogP contribution in [0.2, 0.25) is 0 Å². The number of aliphatic imine (C=N–C) groups is 1. The van der Waals surface area contributed by atoms with Gasteiger partial charge < -0.3 is 11.1 Å². The predicted molar refractivity (Wildman–Crippen MR) is 131 cm³/mol. The van der Waals surface area contributed by atoms with E-state index in [1.807, 2.05) is 24.4 Å². The average molecular weight is 507 g/mol. The van der Waals surface area contributed by atoms with Gasteiger partial charge in [0.2, 0.25) is 0 Å². The topological polar surface area (TPSA) is 66.5 Å². The van der Waals surface area contributed by atoms with Crippen molar-refractivity contribution in [3.8, 4) is 0 Å². The summed E-state index contributed by atoms with van der Waals surface area (Å²) >= 11 is 0. The second kappa shape index (κ2) is 12.1. The van der Waals surface area contributed by atoms with Crippen LogP contribution in [0.25, 0.3) is 0 Å². The number of benzene rings is 1. The van der Waals surface area contributed by atoms with Crippen molar-refractivity contribution in [2.45, 2.75) is 39.8 Å². The molecule has 0 radical (unpaired) electrons. The fraction of sp³-hybridized carbons (Fsp3) is 0.478. The highest BCUT2D eigenvalue weighted by Crippen LogP contribution is 2.23. The van der Waals surface area contributed by atoms with Crippen LogP contribution in [0.3, 0.4) is 0 Å². The summed E-state index contributed by atoms with van der Waals surface area (Å²) in [7, 11) is 0. The van der Waals surface area contributed by atoms with Gasteiger partial charge in [0.05, 0.1) is 6.54 Å². The van der Waals surface area contributed by atoms with Gasteiger partial charge in [0.15, 0.2) is 5.96 Å². The molecule has 2 aromatic rings. The number of rotatable bonds is 7. The second-order valence-corrected chi connectivity index (χ2v) is 8.11. The highest BCUT2D eigenvalue weighted by Gasteiger charge is 2.22. The van der Waals surface area contributed by atoms with Crippen molar-refractivity contribution in [3.05, 3.63) is 65.5 Å². The molecule has 2 unspecified atom stereocenters. The van der Waals surface area contributed by atoms with Crippen LogP contribution in [0, 0.1) is 11.8 Å². The third-order valence-corrected chi connectivity index (χ3v) is 5.29. The Morgan fingerprint density at radius 2 is 1.79 bits per heavy atom. The van der Waals surface area contributed by atoms with Crippen molar-refractivity contribution in [3.63, 3.8) is 0 Å². The Morgan fingerprint density at radius 1 is 1.10 bits per heavy atom. The van der Waals surface area contributed by atoms with Gasteiger partial charge in [-0.15, -0.1) is 24.0 Å². The molecule has 29 heavy (non-hydrogen) atoms. The highest BCUT2D eigenvalue weighted by atomic mass is 127. The number of nitrogens with one attached hydrogen (secondary N) is 1. The summed E-state index contributed by atoms with van der Waals surface area (Å²) in [6, 6.07) is 14.5. The fourth-order valence-corrected chi connectivity index (χ4v) is 4.12. The van der Waals surface area contributed by atoms with E-state index in [0.717, 1.165) is 37.0 Å². The van der Waals surface area contributed by atoms with Crippen LogP contribution in [0.1, 0.15) is 37.1 Å². The Bertz CT molecular complexity index is 755. The molecule has 0 aliphatic carbocycles. The van der Waals surface area contributed by atoms with Gasteiger partial charge in [-0.25, -0.2) is 4.99 Å².